The Balaban J connectivity index is 2.20. The van der Waals surface area contributed by atoms with Crippen molar-refractivity contribution < 1.29 is 4.74 Å². The monoisotopic (exact) mass is 273 g/mol. The SMILES string of the molecule is CCC(NC)c1cnn(Cc2cc(C)ccc2OC)c1. The first-order valence-corrected chi connectivity index (χ1v) is 7.01. The van der Waals surface area contributed by atoms with Gasteiger partial charge in [-0.15, -0.1) is 0 Å². The lowest BCUT2D eigenvalue weighted by atomic mass is 10.1. The molecule has 0 saturated carbocycles. The molecule has 1 aromatic heterocycles. The van der Waals surface area contributed by atoms with E-state index in [1.165, 1.54) is 11.1 Å². The van der Waals surface area contributed by atoms with Gasteiger partial charge in [-0.05, 0) is 26.5 Å². The van der Waals surface area contributed by atoms with E-state index in [1.807, 2.05) is 24.0 Å². The summed E-state index contributed by atoms with van der Waals surface area (Å²) in [5.41, 5.74) is 3.61. The lowest BCUT2D eigenvalue weighted by Crippen LogP contribution is -2.14. The molecule has 0 bridgehead atoms. The number of ether oxygens (including phenoxy) is 1. The van der Waals surface area contributed by atoms with Crippen LogP contribution in [-0.2, 0) is 6.54 Å². The predicted octanol–water partition coefficient (Wildman–Crippen LogP) is 2.92. The molecule has 0 saturated heterocycles. The van der Waals surface area contributed by atoms with Crippen LogP contribution in [0.15, 0.2) is 30.6 Å². The third-order valence-electron chi connectivity index (χ3n) is 3.58. The van der Waals surface area contributed by atoms with Gasteiger partial charge in [0.25, 0.3) is 0 Å². The number of nitrogens with zero attached hydrogens (tertiary/aromatic N) is 2. The quantitative estimate of drug-likeness (QED) is 0.879. The largest absolute Gasteiger partial charge is 0.496 e. The van der Waals surface area contributed by atoms with Gasteiger partial charge in [0.1, 0.15) is 5.75 Å². The maximum atomic E-state index is 5.42. The van der Waals surface area contributed by atoms with Gasteiger partial charge >= 0.3 is 0 Å². The zero-order valence-corrected chi connectivity index (χ0v) is 12.7. The van der Waals surface area contributed by atoms with Crippen molar-refractivity contribution in [2.45, 2.75) is 32.9 Å². The Bertz CT molecular complexity index is 559. The van der Waals surface area contributed by atoms with Crippen molar-refractivity contribution in [2.24, 2.45) is 0 Å². The molecule has 1 atom stereocenters. The van der Waals surface area contributed by atoms with Crippen molar-refractivity contribution in [3.63, 3.8) is 0 Å². The summed E-state index contributed by atoms with van der Waals surface area (Å²) in [4.78, 5) is 0. The zero-order valence-electron chi connectivity index (χ0n) is 12.7. The summed E-state index contributed by atoms with van der Waals surface area (Å²) in [7, 11) is 3.69. The molecule has 1 heterocycles. The van der Waals surface area contributed by atoms with E-state index in [-0.39, 0.29) is 0 Å². The number of aryl methyl sites for hydroxylation is 1. The average molecular weight is 273 g/mol. The third-order valence-corrected chi connectivity index (χ3v) is 3.58. The number of hydrogen-bond acceptors (Lipinski definition) is 3. The number of aromatic nitrogens is 2. The highest BCUT2D eigenvalue weighted by atomic mass is 16.5. The first-order chi connectivity index (χ1) is 9.67. The molecule has 4 nitrogen and oxygen atoms in total. The molecule has 1 unspecified atom stereocenters. The third kappa shape index (κ3) is 3.20. The summed E-state index contributed by atoms with van der Waals surface area (Å²) in [5, 5.41) is 7.75. The summed E-state index contributed by atoms with van der Waals surface area (Å²) >= 11 is 0. The summed E-state index contributed by atoms with van der Waals surface area (Å²) in [6.45, 7) is 4.98. The van der Waals surface area contributed by atoms with E-state index in [0.717, 1.165) is 24.3 Å². The molecule has 2 aromatic rings. The normalized spacial score (nSPS) is 12.4. The van der Waals surface area contributed by atoms with Crippen LogP contribution >= 0.6 is 0 Å². The Morgan fingerprint density at radius 3 is 2.85 bits per heavy atom. The van der Waals surface area contributed by atoms with Gasteiger partial charge in [-0.1, -0.05) is 24.6 Å². The average Bonchev–Trinajstić information content (AvgIpc) is 2.89. The second kappa shape index (κ2) is 6.57. The highest BCUT2D eigenvalue weighted by molar-refractivity contribution is 5.37. The van der Waals surface area contributed by atoms with E-state index in [0.29, 0.717) is 6.04 Å². The summed E-state index contributed by atoms with van der Waals surface area (Å²) in [6.07, 6.45) is 5.09. The Morgan fingerprint density at radius 2 is 2.20 bits per heavy atom. The number of rotatable bonds is 6. The smallest absolute Gasteiger partial charge is 0.123 e. The first-order valence-electron chi connectivity index (χ1n) is 7.01. The van der Waals surface area contributed by atoms with Gasteiger partial charge in [-0.25, -0.2) is 0 Å². The Morgan fingerprint density at radius 1 is 1.40 bits per heavy atom. The fourth-order valence-electron chi connectivity index (χ4n) is 2.46. The maximum absolute atomic E-state index is 5.42. The van der Waals surface area contributed by atoms with Crippen LogP contribution in [0.5, 0.6) is 5.75 Å². The number of nitrogens with one attached hydrogen (secondary N) is 1. The fourth-order valence-corrected chi connectivity index (χ4v) is 2.46. The van der Waals surface area contributed by atoms with Crippen LogP contribution < -0.4 is 10.1 Å². The summed E-state index contributed by atoms with van der Waals surface area (Å²) in [5.74, 6) is 0.910. The van der Waals surface area contributed by atoms with E-state index in [1.54, 1.807) is 7.11 Å². The highest BCUT2D eigenvalue weighted by Gasteiger charge is 2.10. The van der Waals surface area contributed by atoms with Crippen molar-refractivity contribution in [3.8, 4) is 5.75 Å². The number of methoxy groups -OCH3 is 1. The standard InChI is InChI=1S/C16H23N3O/c1-5-15(17-3)14-9-18-19(11-14)10-13-8-12(2)6-7-16(13)20-4/h6-9,11,15,17H,5,10H2,1-4H3. The topological polar surface area (TPSA) is 39.1 Å². The molecule has 2 rings (SSSR count). The van der Waals surface area contributed by atoms with E-state index in [9.17, 15) is 0 Å². The van der Waals surface area contributed by atoms with Crippen molar-refractivity contribution >= 4 is 0 Å². The van der Waals surface area contributed by atoms with Gasteiger partial charge in [0.2, 0.25) is 0 Å². The van der Waals surface area contributed by atoms with E-state index in [2.05, 4.69) is 42.6 Å². The van der Waals surface area contributed by atoms with Crippen LogP contribution in [0.4, 0.5) is 0 Å². The van der Waals surface area contributed by atoms with Crippen LogP contribution in [0.3, 0.4) is 0 Å². The highest BCUT2D eigenvalue weighted by Crippen LogP contribution is 2.21. The lowest BCUT2D eigenvalue weighted by molar-refractivity contribution is 0.407. The maximum Gasteiger partial charge on any atom is 0.123 e. The fraction of sp³-hybridized carbons (Fsp3) is 0.438. The van der Waals surface area contributed by atoms with E-state index >= 15 is 0 Å². The number of hydrogen-bond donors (Lipinski definition) is 1. The molecule has 0 fully saturated rings. The molecule has 20 heavy (non-hydrogen) atoms. The van der Waals surface area contributed by atoms with Crippen molar-refractivity contribution in [1.29, 1.82) is 0 Å². The molecule has 0 amide bonds. The molecule has 0 aliphatic heterocycles. The van der Waals surface area contributed by atoms with Crippen LogP contribution in [0.1, 0.15) is 36.1 Å². The van der Waals surface area contributed by atoms with Gasteiger partial charge < -0.3 is 10.1 Å². The molecule has 4 heteroatoms. The van der Waals surface area contributed by atoms with Crippen molar-refractivity contribution in [2.75, 3.05) is 14.2 Å². The Labute approximate surface area is 120 Å². The molecule has 0 aliphatic carbocycles. The summed E-state index contributed by atoms with van der Waals surface area (Å²) in [6, 6.07) is 6.58. The first kappa shape index (κ1) is 14.6. The molecular weight excluding hydrogens is 250 g/mol. The molecule has 108 valence electrons. The van der Waals surface area contributed by atoms with Gasteiger partial charge in [-0.2, -0.15) is 5.10 Å². The van der Waals surface area contributed by atoms with Crippen LogP contribution in [0, 0.1) is 6.92 Å². The predicted molar refractivity (Wildman–Crippen MR) is 81.2 cm³/mol. The van der Waals surface area contributed by atoms with Gasteiger partial charge in [0.15, 0.2) is 0 Å². The van der Waals surface area contributed by atoms with Crippen LogP contribution in [0.2, 0.25) is 0 Å². The minimum absolute atomic E-state index is 0.364. The molecule has 1 N–H and O–H groups in total. The number of benzene rings is 1. The summed E-state index contributed by atoms with van der Waals surface area (Å²) < 4.78 is 7.38. The minimum atomic E-state index is 0.364. The molecule has 0 aliphatic rings. The minimum Gasteiger partial charge on any atom is -0.496 e. The molecule has 1 aromatic carbocycles. The molecular formula is C16H23N3O. The molecule has 0 radical (unpaired) electrons. The lowest BCUT2D eigenvalue weighted by Gasteiger charge is -2.11. The Hall–Kier alpha value is -1.81. The van der Waals surface area contributed by atoms with E-state index in [4.69, 9.17) is 4.74 Å². The van der Waals surface area contributed by atoms with Gasteiger partial charge in [-0.3, -0.25) is 4.68 Å². The van der Waals surface area contributed by atoms with E-state index < -0.39 is 0 Å². The van der Waals surface area contributed by atoms with Gasteiger partial charge in [0.05, 0.1) is 19.9 Å². The van der Waals surface area contributed by atoms with Gasteiger partial charge in [0, 0.05) is 23.4 Å². The second-order valence-corrected chi connectivity index (χ2v) is 5.04. The molecule has 0 spiro atoms. The van der Waals surface area contributed by atoms with Crippen LogP contribution in [-0.4, -0.2) is 23.9 Å². The zero-order chi connectivity index (χ0) is 14.5. The van der Waals surface area contributed by atoms with Crippen molar-refractivity contribution in [1.82, 2.24) is 15.1 Å². The van der Waals surface area contributed by atoms with Crippen LogP contribution in [0.25, 0.3) is 0 Å². The second-order valence-electron chi connectivity index (χ2n) is 5.04. The van der Waals surface area contributed by atoms with Crippen molar-refractivity contribution in [3.05, 3.63) is 47.3 Å². The Kier molecular flexibility index (Phi) is 4.79.